The Hall–Kier alpha value is -0.100. The van der Waals surface area contributed by atoms with Crippen molar-refractivity contribution in [2.75, 3.05) is 13.1 Å². The van der Waals surface area contributed by atoms with Gasteiger partial charge >= 0.3 is 0 Å². The van der Waals surface area contributed by atoms with E-state index < -0.39 is 0 Å². The smallest absolute Gasteiger partial charge is 0.237 e. The summed E-state index contributed by atoms with van der Waals surface area (Å²) in [6, 6.07) is 0. The van der Waals surface area contributed by atoms with Gasteiger partial charge in [-0.05, 0) is 23.1 Å². The largest absolute Gasteiger partial charge is 0.340 e. The molecule has 0 spiro atoms. The van der Waals surface area contributed by atoms with E-state index in [4.69, 9.17) is 0 Å². The summed E-state index contributed by atoms with van der Waals surface area (Å²) in [5.41, 5.74) is 0.0787. The first-order valence-electron chi connectivity index (χ1n) is 2.76. The molecule has 0 rings (SSSR count). The molecule has 0 bridgehead atoms. The molecule has 0 saturated carbocycles. The van der Waals surface area contributed by atoms with Crippen LogP contribution in [0.5, 0.6) is 0 Å². The van der Waals surface area contributed by atoms with E-state index in [2.05, 4.69) is 9.24 Å². The van der Waals surface area contributed by atoms with E-state index in [9.17, 15) is 4.79 Å². The standard InChI is InChI=1S/C5H12NOP/c1-3-6(4-2)5(7)8/h3-4,8H2,1-2H3. The van der Waals surface area contributed by atoms with Gasteiger partial charge in [0, 0.05) is 13.1 Å². The molecule has 0 aromatic heterocycles. The van der Waals surface area contributed by atoms with Crippen molar-refractivity contribution < 1.29 is 4.79 Å². The van der Waals surface area contributed by atoms with Crippen LogP contribution in [-0.2, 0) is 0 Å². The number of amides is 1. The summed E-state index contributed by atoms with van der Waals surface area (Å²) in [6.07, 6.45) is 0. The van der Waals surface area contributed by atoms with Crippen LogP contribution in [-0.4, -0.2) is 23.6 Å². The first kappa shape index (κ1) is 7.90. The van der Waals surface area contributed by atoms with Gasteiger partial charge in [0.1, 0.15) is 0 Å². The lowest BCUT2D eigenvalue weighted by molar-refractivity contribution is 0.228. The van der Waals surface area contributed by atoms with E-state index in [0.29, 0.717) is 0 Å². The normalized spacial score (nSPS) is 8.88. The van der Waals surface area contributed by atoms with Crippen LogP contribution in [0, 0.1) is 0 Å². The third-order valence-electron chi connectivity index (χ3n) is 1.08. The second-order valence-corrected chi connectivity index (χ2v) is 2.00. The van der Waals surface area contributed by atoms with Crippen LogP contribution in [0.1, 0.15) is 13.8 Å². The van der Waals surface area contributed by atoms with Crippen molar-refractivity contribution in [2.24, 2.45) is 0 Å². The van der Waals surface area contributed by atoms with E-state index in [1.807, 2.05) is 13.8 Å². The van der Waals surface area contributed by atoms with Gasteiger partial charge in [0.15, 0.2) is 0 Å². The fourth-order valence-electron chi connectivity index (χ4n) is 0.535. The van der Waals surface area contributed by atoms with Crippen LogP contribution in [0.2, 0.25) is 0 Å². The summed E-state index contributed by atoms with van der Waals surface area (Å²) < 4.78 is 0. The average molecular weight is 133 g/mol. The van der Waals surface area contributed by atoms with Gasteiger partial charge in [-0.2, -0.15) is 0 Å². The molecular formula is C5H12NOP. The highest BCUT2D eigenvalue weighted by Crippen LogP contribution is 1.96. The molecule has 0 saturated heterocycles. The van der Waals surface area contributed by atoms with Gasteiger partial charge in [0.25, 0.3) is 0 Å². The summed E-state index contributed by atoms with van der Waals surface area (Å²) >= 11 is 0. The minimum atomic E-state index is 0.0787. The van der Waals surface area contributed by atoms with Crippen molar-refractivity contribution in [1.29, 1.82) is 0 Å². The van der Waals surface area contributed by atoms with Crippen molar-refractivity contribution in [3.8, 4) is 0 Å². The van der Waals surface area contributed by atoms with Gasteiger partial charge in [0.2, 0.25) is 5.65 Å². The lowest BCUT2D eigenvalue weighted by Gasteiger charge is -2.14. The Morgan fingerprint density at radius 2 is 1.88 bits per heavy atom. The van der Waals surface area contributed by atoms with Crippen molar-refractivity contribution in [3.63, 3.8) is 0 Å². The van der Waals surface area contributed by atoms with Gasteiger partial charge < -0.3 is 4.90 Å². The number of carbonyl (C=O) groups excluding carboxylic acids is 1. The molecule has 8 heavy (non-hydrogen) atoms. The SMILES string of the molecule is CCN(CC)C(=O)P. The Labute approximate surface area is 52.5 Å². The molecule has 0 heterocycles. The molecule has 0 aliphatic heterocycles. The van der Waals surface area contributed by atoms with Crippen molar-refractivity contribution in [3.05, 3.63) is 0 Å². The third-order valence-corrected chi connectivity index (χ3v) is 1.44. The predicted octanol–water partition coefficient (Wildman–Crippen LogP) is 1.32. The van der Waals surface area contributed by atoms with Gasteiger partial charge in [-0.3, -0.25) is 4.79 Å². The minimum Gasteiger partial charge on any atom is -0.340 e. The maximum atomic E-state index is 10.5. The zero-order valence-electron chi connectivity index (χ0n) is 5.35. The zero-order valence-corrected chi connectivity index (χ0v) is 6.50. The van der Waals surface area contributed by atoms with E-state index in [-0.39, 0.29) is 5.65 Å². The minimum absolute atomic E-state index is 0.0787. The molecule has 0 N–H and O–H groups in total. The lowest BCUT2D eigenvalue weighted by Crippen LogP contribution is -2.24. The third kappa shape index (κ3) is 2.27. The Kier molecular flexibility index (Phi) is 3.80. The predicted molar refractivity (Wildman–Crippen MR) is 38.0 cm³/mol. The molecule has 1 atom stereocenters. The summed E-state index contributed by atoms with van der Waals surface area (Å²) in [7, 11) is 2.15. The van der Waals surface area contributed by atoms with Crippen LogP contribution in [0.15, 0.2) is 0 Å². The maximum absolute atomic E-state index is 10.5. The Morgan fingerprint density at radius 1 is 1.50 bits per heavy atom. The monoisotopic (exact) mass is 133 g/mol. The van der Waals surface area contributed by atoms with E-state index in [1.165, 1.54) is 0 Å². The van der Waals surface area contributed by atoms with Crippen LogP contribution >= 0.6 is 9.24 Å². The Morgan fingerprint density at radius 3 is 1.88 bits per heavy atom. The fraction of sp³-hybridized carbons (Fsp3) is 0.800. The first-order chi connectivity index (χ1) is 3.72. The lowest BCUT2D eigenvalue weighted by atomic mass is 10.6. The highest BCUT2D eigenvalue weighted by Gasteiger charge is 1.99. The zero-order chi connectivity index (χ0) is 6.57. The molecule has 0 aliphatic carbocycles. The summed E-state index contributed by atoms with van der Waals surface area (Å²) in [5, 5.41) is 0. The van der Waals surface area contributed by atoms with Crippen molar-refractivity contribution in [1.82, 2.24) is 4.90 Å². The Bertz CT molecular complexity index is 80.5. The second-order valence-electron chi connectivity index (χ2n) is 1.51. The van der Waals surface area contributed by atoms with E-state index in [1.54, 1.807) is 4.90 Å². The molecule has 0 fully saturated rings. The molecule has 0 aromatic carbocycles. The first-order valence-corrected chi connectivity index (χ1v) is 3.34. The molecule has 0 aliphatic rings. The molecule has 2 nitrogen and oxygen atoms in total. The molecule has 48 valence electrons. The molecule has 1 unspecified atom stereocenters. The maximum Gasteiger partial charge on any atom is 0.237 e. The molecule has 0 aromatic rings. The van der Waals surface area contributed by atoms with Gasteiger partial charge in [-0.15, -0.1) is 0 Å². The fourth-order valence-corrected chi connectivity index (χ4v) is 0.900. The van der Waals surface area contributed by atoms with Crippen molar-refractivity contribution in [2.45, 2.75) is 13.8 Å². The topological polar surface area (TPSA) is 20.3 Å². The number of hydrogen-bond donors (Lipinski definition) is 0. The summed E-state index contributed by atoms with van der Waals surface area (Å²) in [6.45, 7) is 5.54. The molecule has 0 radical (unpaired) electrons. The van der Waals surface area contributed by atoms with Gasteiger partial charge in [-0.1, -0.05) is 0 Å². The highest BCUT2D eigenvalue weighted by molar-refractivity contribution is 7.39. The quantitative estimate of drug-likeness (QED) is 0.520. The van der Waals surface area contributed by atoms with Gasteiger partial charge in [0.05, 0.1) is 0 Å². The molecule has 1 amide bonds. The highest BCUT2D eigenvalue weighted by atomic mass is 31.0. The summed E-state index contributed by atoms with van der Waals surface area (Å²) in [5.74, 6) is 0. The average Bonchev–Trinajstić information content (AvgIpc) is 1.69. The second kappa shape index (κ2) is 3.85. The van der Waals surface area contributed by atoms with Crippen LogP contribution in [0.3, 0.4) is 0 Å². The van der Waals surface area contributed by atoms with Gasteiger partial charge in [-0.25, -0.2) is 0 Å². The van der Waals surface area contributed by atoms with E-state index >= 15 is 0 Å². The number of carbonyl (C=O) groups is 1. The van der Waals surface area contributed by atoms with Crippen LogP contribution < -0.4 is 0 Å². The number of rotatable bonds is 2. The van der Waals surface area contributed by atoms with Crippen LogP contribution in [0.4, 0.5) is 4.79 Å². The molecule has 3 heteroatoms. The number of nitrogens with zero attached hydrogens (tertiary/aromatic N) is 1. The molecular weight excluding hydrogens is 121 g/mol. The van der Waals surface area contributed by atoms with Crippen LogP contribution in [0.25, 0.3) is 0 Å². The van der Waals surface area contributed by atoms with Crippen molar-refractivity contribution >= 4 is 14.9 Å². The number of hydrogen-bond acceptors (Lipinski definition) is 1. The summed E-state index contributed by atoms with van der Waals surface area (Å²) in [4.78, 5) is 12.2. The Balaban J connectivity index is 3.52. The van der Waals surface area contributed by atoms with E-state index in [0.717, 1.165) is 13.1 Å².